The van der Waals surface area contributed by atoms with E-state index in [-0.39, 0.29) is 0 Å². The molecule has 5 rings (SSSR count). The first kappa shape index (κ1) is 16.1. The number of aryl methyl sites for hydroxylation is 1. The standard InChI is InChI=1S/C19H12N6S2/c1-11-16(27-19(24-11)13-8-20-10-21-9-13)14-7-12-3-6-26-17(12)15(25-14)18-22-4-2-5-23-18/h2-10H,1H3. The first-order valence-electron chi connectivity index (χ1n) is 8.18. The Balaban J connectivity index is 1.69. The van der Waals surface area contributed by atoms with Gasteiger partial charge in [-0.15, -0.1) is 22.7 Å². The molecule has 5 aromatic heterocycles. The van der Waals surface area contributed by atoms with E-state index in [2.05, 4.69) is 37.4 Å². The molecule has 0 saturated carbocycles. The number of aromatic nitrogens is 6. The van der Waals surface area contributed by atoms with Gasteiger partial charge in [-0.1, -0.05) is 0 Å². The third-order valence-electron chi connectivity index (χ3n) is 4.05. The molecule has 0 aliphatic heterocycles. The molecule has 27 heavy (non-hydrogen) atoms. The molecule has 0 unspecified atom stereocenters. The highest BCUT2D eigenvalue weighted by molar-refractivity contribution is 7.18. The largest absolute Gasteiger partial charge is 0.244 e. The van der Waals surface area contributed by atoms with Crippen molar-refractivity contribution in [2.45, 2.75) is 6.92 Å². The first-order valence-corrected chi connectivity index (χ1v) is 9.88. The van der Waals surface area contributed by atoms with E-state index in [9.17, 15) is 0 Å². The molecule has 0 fully saturated rings. The molecule has 0 spiro atoms. The maximum absolute atomic E-state index is 4.91. The van der Waals surface area contributed by atoms with Gasteiger partial charge in [0, 0.05) is 30.4 Å². The van der Waals surface area contributed by atoms with Gasteiger partial charge in [0.05, 0.1) is 21.0 Å². The zero-order chi connectivity index (χ0) is 18.2. The summed E-state index contributed by atoms with van der Waals surface area (Å²) in [5.74, 6) is 0.630. The van der Waals surface area contributed by atoms with Gasteiger partial charge in [-0.05, 0) is 35.9 Å². The van der Waals surface area contributed by atoms with Gasteiger partial charge < -0.3 is 0 Å². The summed E-state index contributed by atoms with van der Waals surface area (Å²) in [4.78, 5) is 27.6. The Hall–Kier alpha value is -3.10. The van der Waals surface area contributed by atoms with E-state index in [4.69, 9.17) is 9.97 Å². The predicted octanol–water partition coefficient (Wildman–Crippen LogP) is 4.64. The number of nitrogens with zero attached hydrogens (tertiary/aromatic N) is 6. The normalized spacial score (nSPS) is 11.1. The van der Waals surface area contributed by atoms with Crippen LogP contribution in [0.5, 0.6) is 0 Å². The maximum Gasteiger partial charge on any atom is 0.179 e. The van der Waals surface area contributed by atoms with E-state index in [0.717, 1.165) is 42.6 Å². The molecular formula is C19H12N6S2. The van der Waals surface area contributed by atoms with Crippen molar-refractivity contribution in [1.82, 2.24) is 29.9 Å². The van der Waals surface area contributed by atoms with Gasteiger partial charge in [-0.2, -0.15) is 0 Å². The number of hydrogen-bond acceptors (Lipinski definition) is 8. The second-order valence-corrected chi connectivity index (χ2v) is 7.74. The Bertz CT molecular complexity index is 1230. The summed E-state index contributed by atoms with van der Waals surface area (Å²) in [5, 5.41) is 4.08. The predicted molar refractivity (Wildman–Crippen MR) is 108 cm³/mol. The van der Waals surface area contributed by atoms with Gasteiger partial charge in [0.1, 0.15) is 17.0 Å². The van der Waals surface area contributed by atoms with E-state index in [0.29, 0.717) is 5.82 Å². The molecule has 0 aromatic carbocycles. The Morgan fingerprint density at radius 1 is 1.00 bits per heavy atom. The van der Waals surface area contributed by atoms with Crippen LogP contribution in [-0.2, 0) is 0 Å². The van der Waals surface area contributed by atoms with Crippen molar-refractivity contribution in [2.24, 2.45) is 0 Å². The lowest BCUT2D eigenvalue weighted by atomic mass is 10.2. The molecule has 0 atom stereocenters. The van der Waals surface area contributed by atoms with Gasteiger partial charge in [-0.3, -0.25) is 0 Å². The highest BCUT2D eigenvalue weighted by Gasteiger charge is 2.17. The summed E-state index contributed by atoms with van der Waals surface area (Å²) < 4.78 is 1.09. The van der Waals surface area contributed by atoms with E-state index >= 15 is 0 Å². The average Bonchev–Trinajstić information content (AvgIpc) is 3.35. The summed E-state index contributed by atoms with van der Waals surface area (Å²) in [7, 11) is 0. The highest BCUT2D eigenvalue weighted by atomic mass is 32.1. The molecule has 0 aliphatic carbocycles. The van der Waals surface area contributed by atoms with Gasteiger partial charge >= 0.3 is 0 Å². The second kappa shape index (κ2) is 6.57. The monoisotopic (exact) mass is 388 g/mol. The molecule has 0 radical (unpaired) electrons. The lowest BCUT2D eigenvalue weighted by Crippen LogP contribution is -1.93. The van der Waals surface area contributed by atoms with Crippen LogP contribution in [0.4, 0.5) is 0 Å². The van der Waals surface area contributed by atoms with Gasteiger partial charge in [-0.25, -0.2) is 29.9 Å². The van der Waals surface area contributed by atoms with Crippen LogP contribution in [0.3, 0.4) is 0 Å². The Morgan fingerprint density at radius 3 is 2.63 bits per heavy atom. The lowest BCUT2D eigenvalue weighted by molar-refractivity contribution is 1.15. The van der Waals surface area contributed by atoms with Crippen LogP contribution in [0.1, 0.15) is 5.69 Å². The fourth-order valence-electron chi connectivity index (χ4n) is 2.83. The van der Waals surface area contributed by atoms with Crippen LogP contribution in [0, 0.1) is 6.92 Å². The molecule has 0 aliphatic rings. The molecule has 8 heteroatoms. The fourth-order valence-corrected chi connectivity index (χ4v) is 4.70. The fraction of sp³-hybridized carbons (Fsp3) is 0.0526. The average molecular weight is 388 g/mol. The molecule has 6 nitrogen and oxygen atoms in total. The zero-order valence-electron chi connectivity index (χ0n) is 14.2. The Labute approximate surface area is 162 Å². The number of thiazole rings is 1. The summed E-state index contributed by atoms with van der Waals surface area (Å²) in [6, 6.07) is 6.00. The third kappa shape index (κ3) is 2.88. The van der Waals surface area contributed by atoms with Crippen LogP contribution < -0.4 is 0 Å². The van der Waals surface area contributed by atoms with Crippen LogP contribution in [0.15, 0.2) is 54.7 Å². The van der Waals surface area contributed by atoms with Crippen molar-refractivity contribution in [3.8, 4) is 32.7 Å². The molecular weight excluding hydrogens is 376 g/mol. The number of thiophene rings is 1. The van der Waals surface area contributed by atoms with Crippen LogP contribution in [0.25, 0.3) is 42.7 Å². The van der Waals surface area contributed by atoms with Crippen molar-refractivity contribution in [1.29, 1.82) is 0 Å². The van der Waals surface area contributed by atoms with E-state index < -0.39 is 0 Å². The van der Waals surface area contributed by atoms with E-state index in [1.807, 2.05) is 6.92 Å². The number of pyridine rings is 1. The summed E-state index contributed by atoms with van der Waals surface area (Å²) in [6.45, 7) is 2.00. The number of rotatable bonds is 3. The molecule has 5 aromatic rings. The Morgan fingerprint density at radius 2 is 1.81 bits per heavy atom. The maximum atomic E-state index is 4.91. The lowest BCUT2D eigenvalue weighted by Gasteiger charge is -2.05. The van der Waals surface area contributed by atoms with E-state index in [1.54, 1.807) is 53.5 Å². The summed E-state index contributed by atoms with van der Waals surface area (Å²) >= 11 is 3.24. The molecule has 0 bridgehead atoms. The Kier molecular flexibility index (Phi) is 3.92. The summed E-state index contributed by atoms with van der Waals surface area (Å²) in [6.07, 6.45) is 8.54. The summed E-state index contributed by atoms with van der Waals surface area (Å²) in [5.41, 5.74) is 3.51. The van der Waals surface area contributed by atoms with Crippen molar-refractivity contribution >= 4 is 32.8 Å². The number of fused-ring (bicyclic) bond motifs is 1. The molecule has 0 saturated heterocycles. The quantitative estimate of drug-likeness (QED) is 0.448. The van der Waals surface area contributed by atoms with E-state index in [1.165, 1.54) is 6.33 Å². The topological polar surface area (TPSA) is 77.3 Å². The molecule has 5 heterocycles. The molecule has 0 N–H and O–H groups in total. The van der Waals surface area contributed by atoms with Crippen LogP contribution in [0.2, 0.25) is 0 Å². The van der Waals surface area contributed by atoms with Crippen LogP contribution in [-0.4, -0.2) is 29.9 Å². The first-order chi connectivity index (χ1) is 13.3. The van der Waals surface area contributed by atoms with Gasteiger partial charge in [0.15, 0.2) is 5.82 Å². The zero-order valence-corrected chi connectivity index (χ0v) is 15.8. The molecule has 130 valence electrons. The van der Waals surface area contributed by atoms with Crippen LogP contribution >= 0.6 is 22.7 Å². The number of hydrogen-bond donors (Lipinski definition) is 0. The van der Waals surface area contributed by atoms with Crippen molar-refractivity contribution < 1.29 is 0 Å². The third-order valence-corrected chi connectivity index (χ3v) is 6.22. The van der Waals surface area contributed by atoms with Crippen molar-refractivity contribution in [3.05, 3.63) is 60.4 Å². The van der Waals surface area contributed by atoms with Crippen molar-refractivity contribution in [2.75, 3.05) is 0 Å². The SMILES string of the molecule is Cc1nc(-c2cncnc2)sc1-c1cc2ccsc2c(-c2ncccn2)n1. The molecule has 0 amide bonds. The minimum Gasteiger partial charge on any atom is -0.244 e. The minimum absolute atomic E-state index is 0.630. The van der Waals surface area contributed by atoms with Crippen molar-refractivity contribution in [3.63, 3.8) is 0 Å². The van der Waals surface area contributed by atoms with Gasteiger partial charge in [0.2, 0.25) is 0 Å². The van der Waals surface area contributed by atoms with Gasteiger partial charge in [0.25, 0.3) is 0 Å². The highest BCUT2D eigenvalue weighted by Crippen LogP contribution is 2.38. The second-order valence-electron chi connectivity index (χ2n) is 5.83. The smallest absolute Gasteiger partial charge is 0.179 e. The minimum atomic E-state index is 0.630.